The fourth-order valence-corrected chi connectivity index (χ4v) is 4.65. The summed E-state index contributed by atoms with van der Waals surface area (Å²) in [6, 6.07) is 7.94. The van der Waals surface area contributed by atoms with Crippen molar-refractivity contribution in [3.8, 4) is 6.07 Å². The Morgan fingerprint density at radius 2 is 1.97 bits per heavy atom. The molecule has 31 heavy (non-hydrogen) atoms. The molecule has 2 N–H and O–H groups in total. The van der Waals surface area contributed by atoms with Crippen molar-refractivity contribution in [2.45, 2.75) is 51.1 Å². The number of anilines is 2. The number of nitriles is 1. The number of nitrogens with zero attached hydrogens (tertiary/aromatic N) is 4. The van der Waals surface area contributed by atoms with Crippen molar-refractivity contribution in [2.24, 2.45) is 5.92 Å². The first-order chi connectivity index (χ1) is 14.8. The van der Waals surface area contributed by atoms with Crippen molar-refractivity contribution in [2.75, 3.05) is 10.2 Å². The van der Waals surface area contributed by atoms with E-state index in [0.717, 1.165) is 19.3 Å². The molecule has 0 saturated carbocycles. The van der Waals surface area contributed by atoms with Gasteiger partial charge < -0.3 is 10.2 Å². The predicted octanol–water partition coefficient (Wildman–Crippen LogP) is 2.67. The van der Waals surface area contributed by atoms with Crippen LogP contribution in [0.5, 0.6) is 0 Å². The highest BCUT2D eigenvalue weighted by atomic mass is 16.6. The lowest BCUT2D eigenvalue weighted by molar-refractivity contribution is -0.384. The van der Waals surface area contributed by atoms with Crippen LogP contribution in [0.1, 0.15) is 50.2 Å². The molecular weight excluding hydrogens is 400 g/mol. The van der Waals surface area contributed by atoms with Crippen LogP contribution in [0.4, 0.5) is 17.5 Å². The Hall–Kier alpha value is -3.74. The van der Waals surface area contributed by atoms with Gasteiger partial charge >= 0.3 is 0 Å². The minimum absolute atomic E-state index is 0.0942. The number of carbonyl (C=O) groups is 1. The second kappa shape index (κ2) is 7.83. The summed E-state index contributed by atoms with van der Waals surface area (Å²) in [6.45, 7) is 4.12. The Kier molecular flexibility index (Phi) is 5.19. The maximum Gasteiger partial charge on any atom is 0.269 e. The molecule has 1 amide bonds. The van der Waals surface area contributed by atoms with Crippen LogP contribution in [0.3, 0.4) is 0 Å². The molecule has 0 radical (unpaired) electrons. The summed E-state index contributed by atoms with van der Waals surface area (Å²) in [5.41, 5.74) is -0.176. The average Bonchev–Trinajstić information content (AvgIpc) is 2.72. The van der Waals surface area contributed by atoms with Crippen molar-refractivity contribution in [1.29, 1.82) is 5.26 Å². The number of hydrogen-bond donors (Lipinski definition) is 2. The first-order valence-corrected chi connectivity index (χ1v) is 10.2. The minimum Gasteiger partial charge on any atom is -0.337 e. The molecule has 0 bridgehead atoms. The van der Waals surface area contributed by atoms with E-state index < -0.39 is 28.2 Å². The van der Waals surface area contributed by atoms with Crippen LogP contribution in [0, 0.1) is 27.4 Å². The maximum atomic E-state index is 13.2. The molecule has 10 nitrogen and oxygen atoms in total. The molecule has 2 aromatic rings. The fourth-order valence-electron chi connectivity index (χ4n) is 4.65. The first kappa shape index (κ1) is 20.5. The second-order valence-corrected chi connectivity index (χ2v) is 8.11. The molecule has 1 aromatic carbocycles. The van der Waals surface area contributed by atoms with Gasteiger partial charge in [0, 0.05) is 30.1 Å². The molecule has 1 saturated heterocycles. The monoisotopic (exact) mass is 422 g/mol. The minimum atomic E-state index is -1.21. The van der Waals surface area contributed by atoms with Crippen LogP contribution in [0.15, 0.2) is 29.1 Å². The topological polar surface area (TPSA) is 145 Å². The van der Waals surface area contributed by atoms with E-state index >= 15 is 0 Å². The highest BCUT2D eigenvalue weighted by Crippen LogP contribution is 2.39. The van der Waals surface area contributed by atoms with E-state index in [4.69, 9.17) is 0 Å². The van der Waals surface area contributed by atoms with Gasteiger partial charge in [-0.25, -0.2) is 0 Å². The Bertz CT molecular complexity index is 1140. The number of H-pyrrole nitrogens is 1. The van der Waals surface area contributed by atoms with Gasteiger partial charge in [-0.1, -0.05) is 12.1 Å². The number of non-ortho nitro benzene ring substituents is 1. The van der Waals surface area contributed by atoms with Crippen LogP contribution in [0.2, 0.25) is 0 Å². The number of nitro groups is 1. The molecule has 10 heteroatoms. The number of aromatic nitrogens is 2. The van der Waals surface area contributed by atoms with Gasteiger partial charge in [-0.3, -0.25) is 24.7 Å². The molecule has 0 aliphatic carbocycles. The Morgan fingerprint density at radius 3 is 2.61 bits per heavy atom. The molecule has 4 unspecified atom stereocenters. The SMILES string of the molecule is CC1CCCC(C)N1c1nc2c(c(=O)[nH]1)C(c1cccc([N+](=O)[O-])c1)C(C#N)C(=O)N2. The number of piperidine rings is 1. The highest BCUT2D eigenvalue weighted by Gasteiger charge is 2.41. The lowest BCUT2D eigenvalue weighted by Crippen LogP contribution is -2.46. The summed E-state index contributed by atoms with van der Waals surface area (Å²) in [6.07, 6.45) is 3.01. The normalized spacial score (nSPS) is 25.3. The van der Waals surface area contributed by atoms with Gasteiger partial charge in [0.05, 0.1) is 16.6 Å². The molecule has 1 aromatic heterocycles. The zero-order valence-corrected chi connectivity index (χ0v) is 17.2. The van der Waals surface area contributed by atoms with Gasteiger partial charge in [0.1, 0.15) is 11.7 Å². The van der Waals surface area contributed by atoms with E-state index in [0.29, 0.717) is 11.5 Å². The number of aromatic amines is 1. The molecular formula is C21H22N6O4. The van der Waals surface area contributed by atoms with Gasteiger partial charge in [0.25, 0.3) is 11.2 Å². The third kappa shape index (κ3) is 3.52. The van der Waals surface area contributed by atoms with Gasteiger partial charge in [-0.15, -0.1) is 0 Å². The van der Waals surface area contributed by atoms with Crippen molar-refractivity contribution in [1.82, 2.24) is 9.97 Å². The van der Waals surface area contributed by atoms with E-state index in [1.807, 2.05) is 11.0 Å². The fraction of sp³-hybridized carbons (Fsp3) is 0.429. The molecule has 4 rings (SSSR count). The molecule has 4 atom stereocenters. The molecule has 1 fully saturated rings. The van der Waals surface area contributed by atoms with Gasteiger partial charge in [0.2, 0.25) is 11.9 Å². The van der Waals surface area contributed by atoms with Crippen molar-refractivity contribution >= 4 is 23.4 Å². The quantitative estimate of drug-likeness (QED) is 0.571. The van der Waals surface area contributed by atoms with Crippen LogP contribution >= 0.6 is 0 Å². The third-order valence-corrected chi connectivity index (χ3v) is 6.13. The van der Waals surface area contributed by atoms with Crippen molar-refractivity contribution in [3.63, 3.8) is 0 Å². The number of rotatable bonds is 3. The number of amides is 1. The molecule has 160 valence electrons. The number of fused-ring (bicyclic) bond motifs is 1. The number of nitro benzene ring substituents is 1. The number of nitrogens with one attached hydrogen (secondary N) is 2. The first-order valence-electron chi connectivity index (χ1n) is 10.2. The van der Waals surface area contributed by atoms with Gasteiger partial charge in [-0.2, -0.15) is 10.2 Å². The van der Waals surface area contributed by atoms with E-state index in [2.05, 4.69) is 29.1 Å². The van der Waals surface area contributed by atoms with Gasteiger partial charge in [-0.05, 0) is 38.7 Å². The van der Waals surface area contributed by atoms with Crippen LogP contribution in [0.25, 0.3) is 0 Å². The summed E-state index contributed by atoms with van der Waals surface area (Å²) >= 11 is 0. The van der Waals surface area contributed by atoms with Crippen LogP contribution < -0.4 is 15.8 Å². The Morgan fingerprint density at radius 1 is 1.26 bits per heavy atom. The van der Waals surface area contributed by atoms with Crippen molar-refractivity contribution in [3.05, 3.63) is 55.9 Å². The van der Waals surface area contributed by atoms with E-state index in [1.54, 1.807) is 6.07 Å². The predicted molar refractivity (Wildman–Crippen MR) is 113 cm³/mol. The second-order valence-electron chi connectivity index (χ2n) is 8.11. The summed E-state index contributed by atoms with van der Waals surface area (Å²) < 4.78 is 0. The molecule has 2 aliphatic rings. The lowest BCUT2D eigenvalue weighted by atomic mass is 9.79. The largest absolute Gasteiger partial charge is 0.337 e. The highest BCUT2D eigenvalue weighted by molar-refractivity contribution is 5.98. The smallest absolute Gasteiger partial charge is 0.269 e. The molecule has 3 heterocycles. The van der Waals surface area contributed by atoms with Crippen molar-refractivity contribution < 1.29 is 9.72 Å². The molecule has 2 aliphatic heterocycles. The summed E-state index contributed by atoms with van der Waals surface area (Å²) in [7, 11) is 0. The Balaban J connectivity index is 1.87. The Labute approximate surface area is 178 Å². The number of benzene rings is 1. The summed E-state index contributed by atoms with van der Waals surface area (Å²) in [5.74, 6) is -2.30. The average molecular weight is 422 g/mol. The number of hydrogen-bond acceptors (Lipinski definition) is 7. The van der Waals surface area contributed by atoms with E-state index in [-0.39, 0.29) is 29.2 Å². The van der Waals surface area contributed by atoms with Gasteiger partial charge in [0.15, 0.2) is 0 Å². The van der Waals surface area contributed by atoms with E-state index in [1.165, 1.54) is 18.2 Å². The standard InChI is InChI=1S/C21H22N6O4/c1-11-5-3-6-12(2)26(11)21-24-18-17(20(29)25-21)16(15(10-22)19(28)23-18)13-7-4-8-14(9-13)27(30)31/h4,7-9,11-12,15-16H,3,5-6H2,1-2H3,(H2,23,24,25,28,29). The zero-order chi connectivity index (χ0) is 22.3. The molecule has 0 spiro atoms. The summed E-state index contributed by atoms with van der Waals surface area (Å²) in [4.78, 5) is 46.0. The van der Waals surface area contributed by atoms with Crippen LogP contribution in [-0.2, 0) is 4.79 Å². The lowest BCUT2D eigenvalue weighted by Gasteiger charge is -2.40. The van der Waals surface area contributed by atoms with E-state index in [9.17, 15) is 25.0 Å². The maximum absolute atomic E-state index is 13.2. The third-order valence-electron chi connectivity index (χ3n) is 6.13. The number of carbonyl (C=O) groups excluding carboxylic acids is 1. The summed E-state index contributed by atoms with van der Waals surface area (Å²) in [5, 5.41) is 23.4. The van der Waals surface area contributed by atoms with Crippen LogP contribution in [-0.4, -0.2) is 32.9 Å². The zero-order valence-electron chi connectivity index (χ0n) is 17.2.